The molecule has 51 heavy (non-hydrogen) atoms. The SMILES string of the molecule is N#Cc1ccc(-n2c3ccccc3c3cc(-c4ccc5c(c4)c4ccccc4n5-c4ccccc4)ccc32)cc1N1C(=O)c2ccccc2C1=O. The Morgan fingerprint density at radius 1 is 0.431 bits per heavy atom. The third-order valence-corrected chi connectivity index (χ3v) is 10.1. The predicted molar refractivity (Wildman–Crippen MR) is 203 cm³/mol. The summed E-state index contributed by atoms with van der Waals surface area (Å²) in [4.78, 5) is 28.1. The van der Waals surface area contributed by atoms with E-state index in [0.29, 0.717) is 11.1 Å². The van der Waals surface area contributed by atoms with Crippen molar-refractivity contribution in [1.82, 2.24) is 9.13 Å². The van der Waals surface area contributed by atoms with Crippen LogP contribution < -0.4 is 4.90 Å². The molecule has 1 aliphatic rings. The fourth-order valence-electron chi connectivity index (χ4n) is 7.79. The summed E-state index contributed by atoms with van der Waals surface area (Å²) in [5, 5.41) is 14.6. The van der Waals surface area contributed by atoms with E-state index >= 15 is 0 Å². The van der Waals surface area contributed by atoms with Gasteiger partial charge in [0.25, 0.3) is 11.8 Å². The summed E-state index contributed by atoms with van der Waals surface area (Å²) in [5.74, 6) is -0.861. The van der Waals surface area contributed by atoms with Crippen LogP contribution in [0.25, 0.3) is 66.1 Å². The lowest BCUT2D eigenvalue weighted by atomic mass is 10.0. The Morgan fingerprint density at radius 3 is 1.49 bits per heavy atom. The Morgan fingerprint density at radius 2 is 0.922 bits per heavy atom. The average molecular weight is 655 g/mol. The van der Waals surface area contributed by atoms with Gasteiger partial charge in [0.2, 0.25) is 0 Å². The number of imide groups is 1. The molecule has 0 saturated carbocycles. The maximum absolute atomic E-state index is 13.5. The van der Waals surface area contributed by atoms with Crippen LogP contribution in [0, 0.1) is 11.3 Å². The molecule has 10 rings (SSSR count). The Bertz CT molecular complexity index is 2950. The van der Waals surface area contributed by atoms with Gasteiger partial charge in [0.15, 0.2) is 0 Å². The van der Waals surface area contributed by atoms with E-state index in [9.17, 15) is 14.9 Å². The highest BCUT2D eigenvalue weighted by Gasteiger charge is 2.37. The number of carbonyl (C=O) groups excluding carboxylic acids is 2. The van der Waals surface area contributed by atoms with Gasteiger partial charge in [-0.2, -0.15) is 5.26 Å². The number of nitriles is 1. The molecule has 0 spiro atoms. The molecule has 0 fully saturated rings. The molecule has 238 valence electrons. The van der Waals surface area contributed by atoms with E-state index < -0.39 is 11.8 Å². The normalized spacial score (nSPS) is 12.7. The molecule has 9 aromatic rings. The zero-order valence-corrected chi connectivity index (χ0v) is 27.1. The van der Waals surface area contributed by atoms with Gasteiger partial charge in [-0.05, 0) is 90.0 Å². The number of amides is 2. The number of benzene rings is 7. The number of hydrogen-bond acceptors (Lipinski definition) is 3. The van der Waals surface area contributed by atoms with Crippen LogP contribution in [0.15, 0.2) is 158 Å². The number of rotatable bonds is 4. The highest BCUT2D eigenvalue weighted by molar-refractivity contribution is 6.34. The van der Waals surface area contributed by atoms with E-state index in [4.69, 9.17) is 0 Å². The number of hydrogen-bond donors (Lipinski definition) is 0. The summed E-state index contributed by atoms with van der Waals surface area (Å²) < 4.78 is 4.45. The van der Waals surface area contributed by atoms with E-state index in [-0.39, 0.29) is 11.3 Å². The first-order valence-corrected chi connectivity index (χ1v) is 16.8. The number of para-hydroxylation sites is 3. The van der Waals surface area contributed by atoms with Crippen LogP contribution >= 0.6 is 0 Å². The molecule has 7 aromatic carbocycles. The Balaban J connectivity index is 1.13. The molecule has 0 saturated heterocycles. The zero-order valence-electron chi connectivity index (χ0n) is 27.1. The number of anilines is 1. The van der Waals surface area contributed by atoms with Crippen LogP contribution in [0.5, 0.6) is 0 Å². The molecule has 0 unspecified atom stereocenters. The van der Waals surface area contributed by atoms with Crippen molar-refractivity contribution in [3.05, 3.63) is 174 Å². The van der Waals surface area contributed by atoms with E-state index in [1.165, 1.54) is 10.8 Å². The first-order chi connectivity index (χ1) is 25.1. The fourth-order valence-corrected chi connectivity index (χ4v) is 7.79. The van der Waals surface area contributed by atoms with Gasteiger partial charge >= 0.3 is 0 Å². The van der Waals surface area contributed by atoms with Crippen LogP contribution in [-0.4, -0.2) is 20.9 Å². The second kappa shape index (κ2) is 10.9. The van der Waals surface area contributed by atoms with Crippen LogP contribution in [0.3, 0.4) is 0 Å². The molecule has 2 amide bonds. The molecule has 0 atom stereocenters. The van der Waals surface area contributed by atoms with Gasteiger partial charge < -0.3 is 9.13 Å². The Hall–Kier alpha value is -7.23. The van der Waals surface area contributed by atoms with Crippen molar-refractivity contribution in [3.63, 3.8) is 0 Å². The molecular weight excluding hydrogens is 629 g/mol. The van der Waals surface area contributed by atoms with E-state index in [1.807, 2.05) is 24.3 Å². The summed E-state index contributed by atoms with van der Waals surface area (Å²) in [6.07, 6.45) is 0. The lowest BCUT2D eigenvalue weighted by Gasteiger charge is -2.18. The zero-order chi connectivity index (χ0) is 34.2. The third kappa shape index (κ3) is 4.16. The van der Waals surface area contributed by atoms with Crippen molar-refractivity contribution in [2.24, 2.45) is 0 Å². The molecule has 6 nitrogen and oxygen atoms in total. The topological polar surface area (TPSA) is 71.0 Å². The average Bonchev–Trinajstić information content (AvgIpc) is 3.79. The third-order valence-electron chi connectivity index (χ3n) is 10.1. The van der Waals surface area contributed by atoms with Gasteiger partial charge in [-0.15, -0.1) is 0 Å². The fraction of sp³-hybridized carbons (Fsp3) is 0. The summed E-state index contributed by atoms with van der Waals surface area (Å²) in [5.41, 5.74) is 9.54. The van der Waals surface area contributed by atoms with Crippen molar-refractivity contribution < 1.29 is 9.59 Å². The molecule has 2 aromatic heterocycles. The molecule has 0 radical (unpaired) electrons. The van der Waals surface area contributed by atoms with Gasteiger partial charge in [-0.25, -0.2) is 4.90 Å². The van der Waals surface area contributed by atoms with Crippen LogP contribution in [0.1, 0.15) is 26.3 Å². The monoisotopic (exact) mass is 654 g/mol. The van der Waals surface area contributed by atoms with E-state index in [2.05, 4.69) is 112 Å². The van der Waals surface area contributed by atoms with Crippen molar-refractivity contribution in [3.8, 4) is 28.6 Å². The van der Waals surface area contributed by atoms with Gasteiger partial charge in [0.1, 0.15) is 6.07 Å². The molecule has 3 heterocycles. The second-order valence-corrected chi connectivity index (χ2v) is 12.8. The summed E-state index contributed by atoms with van der Waals surface area (Å²) in [6.45, 7) is 0. The van der Waals surface area contributed by atoms with Crippen LogP contribution in [0.4, 0.5) is 5.69 Å². The first kappa shape index (κ1) is 28.8. The maximum atomic E-state index is 13.5. The highest BCUT2D eigenvalue weighted by atomic mass is 16.2. The minimum Gasteiger partial charge on any atom is -0.309 e. The minimum absolute atomic E-state index is 0.250. The molecule has 0 bridgehead atoms. The standard InChI is InChI=1S/C45H26N4O2/c46-27-30-18-21-32(26-43(30)49-44(50)35-14-4-5-15-36(35)45(49)51)48-40-17-9-7-13-34(40)38-25-29(20-23-42(38)48)28-19-22-41-37(24-28)33-12-6-8-16-39(33)47(41)31-10-2-1-3-11-31/h1-26H. The smallest absolute Gasteiger partial charge is 0.266 e. The van der Waals surface area contributed by atoms with E-state index in [1.54, 1.807) is 36.4 Å². The largest absolute Gasteiger partial charge is 0.309 e. The van der Waals surface area contributed by atoms with Crippen LogP contribution in [-0.2, 0) is 0 Å². The first-order valence-electron chi connectivity index (χ1n) is 16.8. The maximum Gasteiger partial charge on any atom is 0.266 e. The molecule has 6 heteroatoms. The minimum atomic E-state index is -0.431. The highest BCUT2D eigenvalue weighted by Crippen LogP contribution is 2.39. The molecular formula is C45H26N4O2. The van der Waals surface area contributed by atoms with Gasteiger partial charge in [-0.1, -0.05) is 78.9 Å². The number of nitrogens with zero attached hydrogens (tertiary/aromatic N) is 4. The second-order valence-electron chi connectivity index (χ2n) is 12.8. The van der Waals surface area contributed by atoms with Gasteiger partial charge in [-0.3, -0.25) is 9.59 Å². The quantitative estimate of drug-likeness (QED) is 0.177. The van der Waals surface area contributed by atoms with Crippen molar-refractivity contribution >= 4 is 61.1 Å². The molecule has 1 aliphatic heterocycles. The number of carbonyl (C=O) groups is 2. The van der Waals surface area contributed by atoms with Crippen molar-refractivity contribution in [2.75, 3.05) is 4.90 Å². The Kier molecular flexibility index (Phi) is 6.14. The molecule has 0 aliphatic carbocycles. The van der Waals surface area contributed by atoms with Gasteiger partial charge in [0.05, 0.1) is 44.4 Å². The molecule has 0 N–H and O–H groups in total. The summed E-state index contributed by atoms with van der Waals surface area (Å²) in [7, 11) is 0. The van der Waals surface area contributed by atoms with Crippen molar-refractivity contribution in [2.45, 2.75) is 0 Å². The predicted octanol–water partition coefficient (Wildman–Crippen LogP) is 10.2. The van der Waals surface area contributed by atoms with Gasteiger partial charge in [0, 0.05) is 32.9 Å². The lowest BCUT2D eigenvalue weighted by Crippen LogP contribution is -2.30. The number of fused-ring (bicyclic) bond motifs is 7. The Labute approximate surface area is 292 Å². The number of aromatic nitrogens is 2. The van der Waals surface area contributed by atoms with Crippen molar-refractivity contribution in [1.29, 1.82) is 5.26 Å². The summed E-state index contributed by atoms with van der Waals surface area (Å²) >= 11 is 0. The van der Waals surface area contributed by atoms with Crippen LogP contribution in [0.2, 0.25) is 0 Å². The van der Waals surface area contributed by atoms with E-state index in [0.717, 1.165) is 60.2 Å². The summed E-state index contributed by atoms with van der Waals surface area (Å²) in [6, 6.07) is 54.7. The lowest BCUT2D eigenvalue weighted by molar-refractivity contribution is 0.0926.